The summed E-state index contributed by atoms with van der Waals surface area (Å²) in [5, 5.41) is 6.96. The highest BCUT2D eigenvalue weighted by atomic mass is 16.5. The van der Waals surface area contributed by atoms with Gasteiger partial charge in [0.15, 0.2) is 0 Å². The van der Waals surface area contributed by atoms with Crippen LogP contribution in [0.15, 0.2) is 30.6 Å². The standard InChI is InChI=1S/C16H20N4O2/c1-22-16(21)13-7-5-12(6-8-13)10-20-9-3-2-4-14(20)15-17-11-18-19-15/h5-8,11,14H,2-4,9-10H2,1H3,(H,17,18,19)/t14-/m1/s1. The SMILES string of the molecule is COC(=O)c1ccc(CN2CCCC[C@@H]2c2ncn[nH]2)cc1. The number of carbonyl (C=O) groups excluding carboxylic acids is 1. The second-order valence-electron chi connectivity index (χ2n) is 5.54. The van der Waals surface area contributed by atoms with Crippen molar-refractivity contribution in [2.45, 2.75) is 31.8 Å². The summed E-state index contributed by atoms with van der Waals surface area (Å²) in [6.45, 7) is 1.89. The molecule has 3 rings (SSSR count). The molecule has 0 amide bonds. The van der Waals surface area contributed by atoms with Crippen LogP contribution < -0.4 is 0 Å². The normalized spacial score (nSPS) is 19.0. The van der Waals surface area contributed by atoms with Crippen LogP contribution in [0.2, 0.25) is 0 Å². The van der Waals surface area contributed by atoms with E-state index in [1.807, 2.05) is 24.3 Å². The Bertz CT molecular complexity index is 610. The fraction of sp³-hybridized carbons (Fsp3) is 0.438. The molecule has 1 saturated heterocycles. The molecular formula is C16H20N4O2. The topological polar surface area (TPSA) is 71.1 Å². The van der Waals surface area contributed by atoms with Crippen LogP contribution >= 0.6 is 0 Å². The van der Waals surface area contributed by atoms with Crippen molar-refractivity contribution in [3.8, 4) is 0 Å². The molecule has 6 nitrogen and oxygen atoms in total. The van der Waals surface area contributed by atoms with Crippen LogP contribution in [-0.4, -0.2) is 39.7 Å². The maximum Gasteiger partial charge on any atom is 0.337 e. The van der Waals surface area contributed by atoms with Gasteiger partial charge in [0, 0.05) is 6.54 Å². The number of aromatic nitrogens is 3. The number of methoxy groups -OCH3 is 1. The van der Waals surface area contributed by atoms with Crippen molar-refractivity contribution in [1.82, 2.24) is 20.1 Å². The maximum atomic E-state index is 11.5. The van der Waals surface area contributed by atoms with E-state index in [1.54, 1.807) is 6.33 Å². The highest BCUT2D eigenvalue weighted by Gasteiger charge is 2.26. The van der Waals surface area contributed by atoms with E-state index in [-0.39, 0.29) is 12.0 Å². The smallest absolute Gasteiger partial charge is 0.337 e. The molecule has 0 spiro atoms. The van der Waals surface area contributed by atoms with Crippen molar-refractivity contribution < 1.29 is 9.53 Å². The average Bonchev–Trinajstić information content (AvgIpc) is 3.10. The Morgan fingerprint density at radius 2 is 2.18 bits per heavy atom. The molecular weight excluding hydrogens is 280 g/mol. The number of nitrogens with zero attached hydrogens (tertiary/aromatic N) is 3. The van der Waals surface area contributed by atoms with Crippen LogP contribution in [-0.2, 0) is 11.3 Å². The summed E-state index contributed by atoms with van der Waals surface area (Å²) in [6, 6.07) is 7.89. The van der Waals surface area contributed by atoms with E-state index >= 15 is 0 Å². The van der Waals surface area contributed by atoms with Crippen LogP contribution in [0.25, 0.3) is 0 Å². The van der Waals surface area contributed by atoms with Gasteiger partial charge >= 0.3 is 5.97 Å². The Labute approximate surface area is 129 Å². The Hall–Kier alpha value is -2.21. The molecule has 1 aliphatic heterocycles. The maximum absolute atomic E-state index is 11.5. The third-order valence-corrected chi connectivity index (χ3v) is 4.12. The molecule has 22 heavy (non-hydrogen) atoms. The molecule has 1 aromatic carbocycles. The van der Waals surface area contributed by atoms with Crippen LogP contribution in [0.4, 0.5) is 0 Å². The highest BCUT2D eigenvalue weighted by molar-refractivity contribution is 5.89. The zero-order chi connectivity index (χ0) is 15.4. The van der Waals surface area contributed by atoms with Gasteiger partial charge in [-0.05, 0) is 37.1 Å². The van der Waals surface area contributed by atoms with Crippen LogP contribution in [0.3, 0.4) is 0 Å². The largest absolute Gasteiger partial charge is 0.465 e. The van der Waals surface area contributed by atoms with Gasteiger partial charge < -0.3 is 4.74 Å². The van der Waals surface area contributed by atoms with Gasteiger partial charge in [-0.15, -0.1) is 0 Å². The van der Waals surface area contributed by atoms with Gasteiger partial charge in [0.05, 0.1) is 18.7 Å². The molecule has 1 N–H and O–H groups in total. The van der Waals surface area contributed by atoms with E-state index in [2.05, 4.69) is 20.1 Å². The van der Waals surface area contributed by atoms with Crippen LogP contribution in [0.1, 0.15) is 47.1 Å². The first-order chi connectivity index (χ1) is 10.8. The Morgan fingerprint density at radius 1 is 1.36 bits per heavy atom. The lowest BCUT2D eigenvalue weighted by Gasteiger charge is -2.34. The molecule has 0 aliphatic carbocycles. The summed E-state index contributed by atoms with van der Waals surface area (Å²) in [6.07, 6.45) is 5.07. The van der Waals surface area contributed by atoms with Gasteiger partial charge in [-0.25, -0.2) is 9.78 Å². The molecule has 0 unspecified atom stereocenters. The molecule has 1 aliphatic rings. The molecule has 0 radical (unpaired) electrons. The lowest BCUT2D eigenvalue weighted by Crippen LogP contribution is -2.33. The summed E-state index contributed by atoms with van der Waals surface area (Å²) in [5.74, 6) is 0.634. The number of ether oxygens (including phenoxy) is 1. The second-order valence-corrected chi connectivity index (χ2v) is 5.54. The summed E-state index contributed by atoms with van der Waals surface area (Å²) < 4.78 is 4.72. The van der Waals surface area contributed by atoms with Gasteiger partial charge in [0.2, 0.25) is 0 Å². The van der Waals surface area contributed by atoms with Crippen molar-refractivity contribution in [2.24, 2.45) is 0 Å². The molecule has 0 bridgehead atoms. The predicted octanol–water partition coefficient (Wildman–Crippen LogP) is 2.32. The van der Waals surface area contributed by atoms with E-state index in [0.29, 0.717) is 5.56 Å². The minimum atomic E-state index is -0.302. The van der Waals surface area contributed by atoms with Gasteiger partial charge in [0.1, 0.15) is 12.2 Å². The van der Waals surface area contributed by atoms with Crippen molar-refractivity contribution in [2.75, 3.05) is 13.7 Å². The molecule has 1 atom stereocenters. The number of likely N-dealkylation sites (tertiary alicyclic amines) is 1. The molecule has 2 aromatic rings. The molecule has 6 heteroatoms. The van der Waals surface area contributed by atoms with E-state index < -0.39 is 0 Å². The number of hydrogen-bond acceptors (Lipinski definition) is 5. The van der Waals surface area contributed by atoms with E-state index in [4.69, 9.17) is 4.74 Å². The Balaban J connectivity index is 1.71. The number of benzene rings is 1. The molecule has 2 heterocycles. The number of esters is 1. The summed E-state index contributed by atoms with van der Waals surface area (Å²) in [7, 11) is 1.39. The van der Waals surface area contributed by atoms with Crippen molar-refractivity contribution in [1.29, 1.82) is 0 Å². The number of carbonyl (C=O) groups is 1. The van der Waals surface area contributed by atoms with Crippen LogP contribution in [0, 0.1) is 0 Å². The lowest BCUT2D eigenvalue weighted by molar-refractivity contribution is 0.0600. The quantitative estimate of drug-likeness (QED) is 0.877. The number of piperidine rings is 1. The minimum absolute atomic E-state index is 0.288. The molecule has 0 saturated carbocycles. The average molecular weight is 300 g/mol. The monoisotopic (exact) mass is 300 g/mol. The van der Waals surface area contributed by atoms with E-state index in [1.165, 1.54) is 25.5 Å². The summed E-state index contributed by atoms with van der Waals surface area (Å²) >= 11 is 0. The summed E-state index contributed by atoms with van der Waals surface area (Å²) in [4.78, 5) is 18.2. The van der Waals surface area contributed by atoms with Gasteiger partial charge in [-0.2, -0.15) is 5.10 Å². The van der Waals surface area contributed by atoms with Crippen LogP contribution in [0.5, 0.6) is 0 Å². The first kappa shape index (κ1) is 14.7. The lowest BCUT2D eigenvalue weighted by atomic mass is 10.0. The molecule has 1 aromatic heterocycles. The van der Waals surface area contributed by atoms with Crippen molar-refractivity contribution in [3.05, 3.63) is 47.5 Å². The summed E-state index contributed by atoms with van der Waals surface area (Å²) in [5.41, 5.74) is 1.76. The first-order valence-corrected chi connectivity index (χ1v) is 7.54. The fourth-order valence-corrected chi connectivity index (χ4v) is 2.96. The molecule has 116 valence electrons. The van der Waals surface area contributed by atoms with Gasteiger partial charge in [-0.1, -0.05) is 18.6 Å². The Morgan fingerprint density at radius 3 is 2.86 bits per heavy atom. The van der Waals surface area contributed by atoms with Crippen molar-refractivity contribution in [3.63, 3.8) is 0 Å². The molecule has 1 fully saturated rings. The number of H-pyrrole nitrogens is 1. The number of hydrogen-bond donors (Lipinski definition) is 1. The predicted molar refractivity (Wildman–Crippen MR) is 81.2 cm³/mol. The van der Waals surface area contributed by atoms with E-state index in [0.717, 1.165) is 25.3 Å². The number of rotatable bonds is 4. The zero-order valence-corrected chi connectivity index (χ0v) is 12.7. The minimum Gasteiger partial charge on any atom is -0.465 e. The zero-order valence-electron chi connectivity index (χ0n) is 12.7. The third-order valence-electron chi connectivity index (χ3n) is 4.12. The van der Waals surface area contributed by atoms with Gasteiger partial charge in [-0.3, -0.25) is 10.00 Å². The van der Waals surface area contributed by atoms with E-state index in [9.17, 15) is 4.79 Å². The number of nitrogens with one attached hydrogen (secondary N) is 1. The highest BCUT2D eigenvalue weighted by Crippen LogP contribution is 2.29. The Kier molecular flexibility index (Phi) is 4.48. The fourth-order valence-electron chi connectivity index (χ4n) is 2.96. The van der Waals surface area contributed by atoms with Gasteiger partial charge in [0.25, 0.3) is 0 Å². The van der Waals surface area contributed by atoms with Crippen molar-refractivity contribution >= 4 is 5.97 Å². The first-order valence-electron chi connectivity index (χ1n) is 7.54. The number of aromatic amines is 1. The second kappa shape index (κ2) is 6.70. The third kappa shape index (κ3) is 3.17.